The standard InChI is InChI=1S/C15H19NO2/c1-11(2)7-8-16-10-12(9-15(17)18)13-5-3-4-6-14(13)16/h3-6,10-11H,7-9H2,1-2H3,(H,17,18). The van der Waals surface area contributed by atoms with Gasteiger partial charge in [0.15, 0.2) is 0 Å². The summed E-state index contributed by atoms with van der Waals surface area (Å²) in [6, 6.07) is 8.01. The van der Waals surface area contributed by atoms with Crippen LogP contribution in [0.4, 0.5) is 0 Å². The molecule has 0 aliphatic heterocycles. The normalized spacial score (nSPS) is 11.3. The van der Waals surface area contributed by atoms with E-state index in [4.69, 9.17) is 5.11 Å². The second-order valence-electron chi connectivity index (χ2n) is 5.12. The molecule has 0 bridgehead atoms. The van der Waals surface area contributed by atoms with Crippen LogP contribution >= 0.6 is 0 Å². The topological polar surface area (TPSA) is 42.2 Å². The van der Waals surface area contributed by atoms with Crippen molar-refractivity contribution in [1.29, 1.82) is 0 Å². The molecule has 1 N–H and O–H groups in total. The van der Waals surface area contributed by atoms with Crippen molar-refractivity contribution in [2.45, 2.75) is 33.2 Å². The highest BCUT2D eigenvalue weighted by Gasteiger charge is 2.10. The SMILES string of the molecule is CC(C)CCn1cc(CC(=O)O)c2ccccc21. The highest BCUT2D eigenvalue weighted by atomic mass is 16.4. The van der Waals surface area contributed by atoms with Gasteiger partial charge in [0.2, 0.25) is 0 Å². The molecule has 1 aromatic heterocycles. The van der Waals surface area contributed by atoms with Crippen LogP contribution in [-0.2, 0) is 17.8 Å². The quantitative estimate of drug-likeness (QED) is 0.878. The van der Waals surface area contributed by atoms with E-state index in [9.17, 15) is 4.79 Å². The third-order valence-corrected chi connectivity index (χ3v) is 3.16. The van der Waals surface area contributed by atoms with Gasteiger partial charge in [-0.05, 0) is 24.0 Å². The number of aryl methyl sites for hydroxylation is 1. The van der Waals surface area contributed by atoms with E-state index >= 15 is 0 Å². The summed E-state index contributed by atoms with van der Waals surface area (Å²) in [6.45, 7) is 5.34. The molecule has 0 atom stereocenters. The minimum atomic E-state index is -0.776. The van der Waals surface area contributed by atoms with Crippen LogP contribution in [0.25, 0.3) is 10.9 Å². The lowest BCUT2D eigenvalue weighted by Crippen LogP contribution is -2.01. The van der Waals surface area contributed by atoms with E-state index in [2.05, 4.69) is 24.5 Å². The Labute approximate surface area is 107 Å². The van der Waals surface area contributed by atoms with Crippen molar-refractivity contribution in [3.8, 4) is 0 Å². The zero-order valence-corrected chi connectivity index (χ0v) is 10.9. The Hall–Kier alpha value is -1.77. The molecule has 0 amide bonds. The molecule has 1 heterocycles. The number of rotatable bonds is 5. The molecule has 0 radical (unpaired) electrons. The van der Waals surface area contributed by atoms with Gasteiger partial charge in [-0.1, -0.05) is 32.0 Å². The molecule has 3 heteroatoms. The van der Waals surface area contributed by atoms with Crippen molar-refractivity contribution < 1.29 is 9.90 Å². The summed E-state index contributed by atoms with van der Waals surface area (Å²) in [5, 5.41) is 10.0. The van der Waals surface area contributed by atoms with Crippen LogP contribution in [0.3, 0.4) is 0 Å². The molecule has 18 heavy (non-hydrogen) atoms. The van der Waals surface area contributed by atoms with E-state index in [-0.39, 0.29) is 6.42 Å². The van der Waals surface area contributed by atoms with Crippen molar-refractivity contribution >= 4 is 16.9 Å². The molecular formula is C15H19NO2. The Kier molecular flexibility index (Phi) is 3.70. The predicted octanol–water partition coefficient (Wildman–Crippen LogP) is 3.31. The first-order valence-corrected chi connectivity index (χ1v) is 6.36. The number of aromatic nitrogens is 1. The Morgan fingerprint density at radius 2 is 2.06 bits per heavy atom. The summed E-state index contributed by atoms with van der Waals surface area (Å²) in [7, 11) is 0. The first-order valence-electron chi connectivity index (χ1n) is 6.36. The molecule has 0 spiro atoms. The lowest BCUT2D eigenvalue weighted by molar-refractivity contribution is -0.136. The Morgan fingerprint density at radius 1 is 1.33 bits per heavy atom. The molecule has 0 saturated carbocycles. The number of carboxylic acids is 1. The van der Waals surface area contributed by atoms with Gasteiger partial charge in [-0.3, -0.25) is 4.79 Å². The number of carboxylic acid groups (broad SMARTS) is 1. The smallest absolute Gasteiger partial charge is 0.307 e. The van der Waals surface area contributed by atoms with Gasteiger partial charge in [-0.2, -0.15) is 0 Å². The summed E-state index contributed by atoms with van der Waals surface area (Å²) in [6.07, 6.45) is 3.18. The van der Waals surface area contributed by atoms with Crippen LogP contribution in [-0.4, -0.2) is 15.6 Å². The summed E-state index contributed by atoms with van der Waals surface area (Å²) < 4.78 is 2.17. The van der Waals surface area contributed by atoms with Crippen LogP contribution in [0.5, 0.6) is 0 Å². The fraction of sp³-hybridized carbons (Fsp3) is 0.400. The second kappa shape index (κ2) is 5.25. The van der Waals surface area contributed by atoms with Crippen molar-refractivity contribution in [3.63, 3.8) is 0 Å². The fourth-order valence-corrected chi connectivity index (χ4v) is 2.21. The molecule has 96 valence electrons. The minimum absolute atomic E-state index is 0.0925. The number of benzene rings is 1. The Morgan fingerprint density at radius 3 is 2.72 bits per heavy atom. The van der Waals surface area contributed by atoms with Crippen LogP contribution in [0.15, 0.2) is 30.5 Å². The second-order valence-corrected chi connectivity index (χ2v) is 5.12. The average molecular weight is 245 g/mol. The lowest BCUT2D eigenvalue weighted by atomic mass is 10.1. The monoisotopic (exact) mass is 245 g/mol. The highest BCUT2D eigenvalue weighted by molar-refractivity contribution is 5.87. The van der Waals surface area contributed by atoms with Gasteiger partial charge < -0.3 is 9.67 Å². The summed E-state index contributed by atoms with van der Waals surface area (Å²) in [4.78, 5) is 10.9. The largest absolute Gasteiger partial charge is 0.481 e. The van der Waals surface area contributed by atoms with Crippen LogP contribution in [0.1, 0.15) is 25.8 Å². The maximum atomic E-state index is 10.9. The number of para-hydroxylation sites is 1. The fourth-order valence-electron chi connectivity index (χ4n) is 2.21. The number of nitrogens with zero attached hydrogens (tertiary/aromatic N) is 1. The van der Waals surface area contributed by atoms with Crippen molar-refractivity contribution in [3.05, 3.63) is 36.0 Å². The average Bonchev–Trinajstić information content (AvgIpc) is 2.65. The van der Waals surface area contributed by atoms with Gasteiger partial charge in [0, 0.05) is 23.6 Å². The molecular weight excluding hydrogens is 226 g/mol. The molecule has 0 unspecified atom stereocenters. The number of hydrogen-bond acceptors (Lipinski definition) is 1. The predicted molar refractivity (Wildman–Crippen MR) is 72.7 cm³/mol. The van der Waals surface area contributed by atoms with E-state index in [1.165, 1.54) is 0 Å². The zero-order chi connectivity index (χ0) is 13.1. The van der Waals surface area contributed by atoms with Gasteiger partial charge in [0.1, 0.15) is 0 Å². The lowest BCUT2D eigenvalue weighted by Gasteiger charge is -2.07. The van der Waals surface area contributed by atoms with Gasteiger partial charge in [0.25, 0.3) is 0 Å². The first kappa shape index (κ1) is 12.7. The van der Waals surface area contributed by atoms with Crippen LogP contribution < -0.4 is 0 Å². The van der Waals surface area contributed by atoms with Gasteiger partial charge in [-0.25, -0.2) is 0 Å². The maximum absolute atomic E-state index is 10.9. The van der Waals surface area contributed by atoms with Crippen LogP contribution in [0, 0.1) is 5.92 Å². The summed E-state index contributed by atoms with van der Waals surface area (Å²) in [5.74, 6) is -0.129. The summed E-state index contributed by atoms with van der Waals surface area (Å²) >= 11 is 0. The van der Waals surface area contributed by atoms with E-state index < -0.39 is 5.97 Å². The molecule has 2 aromatic rings. The molecule has 1 aromatic carbocycles. The molecule has 0 fully saturated rings. The first-order chi connectivity index (χ1) is 8.58. The van der Waals surface area contributed by atoms with E-state index in [0.717, 1.165) is 29.4 Å². The highest BCUT2D eigenvalue weighted by Crippen LogP contribution is 2.22. The van der Waals surface area contributed by atoms with E-state index in [0.29, 0.717) is 5.92 Å². The van der Waals surface area contributed by atoms with Crippen LogP contribution in [0.2, 0.25) is 0 Å². The van der Waals surface area contributed by atoms with Crippen molar-refractivity contribution in [1.82, 2.24) is 4.57 Å². The summed E-state index contributed by atoms with van der Waals surface area (Å²) in [5.41, 5.74) is 2.04. The van der Waals surface area contributed by atoms with Gasteiger partial charge >= 0.3 is 5.97 Å². The number of fused-ring (bicyclic) bond motifs is 1. The maximum Gasteiger partial charge on any atom is 0.307 e. The van der Waals surface area contributed by atoms with Gasteiger partial charge in [-0.15, -0.1) is 0 Å². The molecule has 2 rings (SSSR count). The van der Waals surface area contributed by atoms with E-state index in [1.54, 1.807) is 0 Å². The van der Waals surface area contributed by atoms with Gasteiger partial charge in [0.05, 0.1) is 6.42 Å². The van der Waals surface area contributed by atoms with E-state index in [1.807, 2.05) is 24.4 Å². The molecule has 0 aliphatic rings. The Bertz CT molecular complexity index is 555. The third-order valence-electron chi connectivity index (χ3n) is 3.16. The third kappa shape index (κ3) is 2.73. The molecule has 0 saturated heterocycles. The van der Waals surface area contributed by atoms with Crippen molar-refractivity contribution in [2.24, 2.45) is 5.92 Å². The molecule has 0 aliphatic carbocycles. The number of carbonyl (C=O) groups is 1. The molecule has 3 nitrogen and oxygen atoms in total. The zero-order valence-electron chi connectivity index (χ0n) is 10.9. The number of aliphatic carboxylic acids is 1. The Balaban J connectivity index is 2.37. The minimum Gasteiger partial charge on any atom is -0.481 e. The van der Waals surface area contributed by atoms with Crippen molar-refractivity contribution in [2.75, 3.05) is 0 Å². The number of hydrogen-bond donors (Lipinski definition) is 1.